The van der Waals surface area contributed by atoms with Crippen LogP contribution in [0.15, 0.2) is 0 Å². The van der Waals surface area contributed by atoms with Crippen molar-refractivity contribution in [3.05, 3.63) is 0 Å². The van der Waals surface area contributed by atoms with Crippen molar-refractivity contribution in [2.24, 2.45) is 40.4 Å². The fourth-order valence-electron chi connectivity index (χ4n) is 9.13. The van der Waals surface area contributed by atoms with Gasteiger partial charge in [-0.3, -0.25) is 9.69 Å². The van der Waals surface area contributed by atoms with E-state index >= 15 is 0 Å². The number of ether oxygens (including phenoxy) is 2. The van der Waals surface area contributed by atoms with Crippen LogP contribution in [0.5, 0.6) is 0 Å². The minimum absolute atomic E-state index is 0.239. The summed E-state index contributed by atoms with van der Waals surface area (Å²) >= 11 is 0. The van der Waals surface area contributed by atoms with Crippen LogP contribution >= 0.6 is 0 Å². The average Bonchev–Trinajstić information content (AvgIpc) is 3.11. The van der Waals surface area contributed by atoms with Crippen LogP contribution in [-0.4, -0.2) is 56.7 Å². The van der Waals surface area contributed by atoms with E-state index in [4.69, 9.17) is 9.47 Å². The Bertz CT molecular complexity index is 646. The van der Waals surface area contributed by atoms with Crippen molar-refractivity contribution in [1.82, 2.24) is 4.90 Å². The van der Waals surface area contributed by atoms with Gasteiger partial charge in [-0.1, -0.05) is 13.8 Å². The van der Waals surface area contributed by atoms with Gasteiger partial charge in [0.05, 0.1) is 25.9 Å². The molecule has 4 aliphatic carbocycles. The summed E-state index contributed by atoms with van der Waals surface area (Å²) < 4.78 is 11.3. The molecule has 0 bridgehead atoms. The molecular weight excluding hydrogens is 374 g/mol. The molecule has 8 atom stereocenters. The molecule has 0 N–H and O–H groups in total. The van der Waals surface area contributed by atoms with Gasteiger partial charge in [0.15, 0.2) is 0 Å². The van der Waals surface area contributed by atoms with Crippen LogP contribution in [-0.2, 0) is 14.3 Å². The highest BCUT2D eigenvalue weighted by molar-refractivity contribution is 5.84. The summed E-state index contributed by atoms with van der Waals surface area (Å²) in [5.74, 6) is 4.15. The number of fused-ring (bicyclic) bond motifs is 5. The molecule has 0 spiro atoms. The SMILES string of the molecule is COC1CCC2CCC3C(CCC4(C)C3CC[C@@H]4C(=O)CN3CCOCC3)C2(C)C1. The van der Waals surface area contributed by atoms with Crippen LogP contribution < -0.4 is 0 Å². The first-order chi connectivity index (χ1) is 14.5. The first-order valence-electron chi connectivity index (χ1n) is 12.8. The maximum Gasteiger partial charge on any atom is 0.150 e. The van der Waals surface area contributed by atoms with E-state index in [-0.39, 0.29) is 11.3 Å². The first kappa shape index (κ1) is 21.4. The second-order valence-electron chi connectivity index (χ2n) is 11.8. The van der Waals surface area contributed by atoms with Gasteiger partial charge in [-0.2, -0.15) is 0 Å². The maximum atomic E-state index is 13.4. The molecule has 5 rings (SSSR count). The third-order valence-corrected chi connectivity index (χ3v) is 10.8. The predicted octanol–water partition coefficient (Wildman–Crippen LogP) is 4.56. The van der Waals surface area contributed by atoms with Crippen LogP contribution in [0, 0.1) is 40.4 Å². The standard InChI is InChI=1S/C26H43NO3/c1-25-11-10-22-20(7-5-18-4-6-19(29-3)16-26(18,22)2)21(25)8-9-23(25)24(28)17-27-12-14-30-15-13-27/h18-23H,4-17H2,1-3H3/t18?,19?,20?,21?,22?,23-,25?,26?/m1/s1. The second-order valence-corrected chi connectivity index (χ2v) is 11.8. The van der Waals surface area contributed by atoms with Gasteiger partial charge < -0.3 is 9.47 Å². The highest BCUT2D eigenvalue weighted by Crippen LogP contribution is 2.67. The number of nitrogens with zero attached hydrogens (tertiary/aromatic N) is 1. The molecule has 4 saturated carbocycles. The van der Waals surface area contributed by atoms with Crippen molar-refractivity contribution in [3.8, 4) is 0 Å². The third kappa shape index (κ3) is 3.40. The Morgan fingerprint density at radius 3 is 2.47 bits per heavy atom. The molecule has 0 aromatic carbocycles. The summed E-state index contributed by atoms with van der Waals surface area (Å²) in [6.45, 7) is 9.16. The number of hydrogen-bond acceptors (Lipinski definition) is 4. The van der Waals surface area contributed by atoms with Gasteiger partial charge in [-0.25, -0.2) is 0 Å². The van der Waals surface area contributed by atoms with E-state index in [1.807, 2.05) is 7.11 Å². The Morgan fingerprint density at radius 1 is 0.967 bits per heavy atom. The van der Waals surface area contributed by atoms with Crippen LogP contribution in [0.1, 0.15) is 71.6 Å². The molecule has 30 heavy (non-hydrogen) atoms. The molecule has 0 aromatic heterocycles. The molecule has 7 unspecified atom stereocenters. The van der Waals surface area contributed by atoms with Gasteiger partial charge in [0.25, 0.3) is 0 Å². The summed E-state index contributed by atoms with van der Waals surface area (Å²) in [7, 11) is 1.91. The van der Waals surface area contributed by atoms with E-state index in [0.29, 0.717) is 23.8 Å². The quantitative estimate of drug-likeness (QED) is 0.672. The number of hydrogen-bond donors (Lipinski definition) is 0. The minimum atomic E-state index is 0.239. The number of carbonyl (C=O) groups is 1. The van der Waals surface area contributed by atoms with Crippen molar-refractivity contribution in [1.29, 1.82) is 0 Å². The second kappa shape index (κ2) is 8.15. The highest BCUT2D eigenvalue weighted by Gasteiger charge is 2.61. The fraction of sp³-hybridized carbons (Fsp3) is 0.962. The van der Waals surface area contributed by atoms with Gasteiger partial charge in [0.1, 0.15) is 5.78 Å². The van der Waals surface area contributed by atoms with E-state index in [1.54, 1.807) is 0 Å². The average molecular weight is 418 g/mol. The van der Waals surface area contributed by atoms with Gasteiger partial charge in [-0.05, 0) is 92.3 Å². The molecule has 4 nitrogen and oxygen atoms in total. The maximum absolute atomic E-state index is 13.4. The molecule has 0 aromatic rings. The zero-order valence-corrected chi connectivity index (χ0v) is 19.5. The van der Waals surface area contributed by atoms with Crippen LogP contribution in [0.3, 0.4) is 0 Å². The van der Waals surface area contributed by atoms with Gasteiger partial charge >= 0.3 is 0 Å². The number of rotatable bonds is 4. The lowest BCUT2D eigenvalue weighted by molar-refractivity contribution is -0.144. The Hall–Kier alpha value is -0.450. The zero-order chi connectivity index (χ0) is 20.9. The van der Waals surface area contributed by atoms with E-state index in [1.165, 1.54) is 51.4 Å². The Morgan fingerprint density at radius 2 is 1.70 bits per heavy atom. The van der Waals surface area contributed by atoms with Crippen molar-refractivity contribution in [3.63, 3.8) is 0 Å². The Labute approximate surface area is 183 Å². The number of Topliss-reactive ketones (excluding diaryl/α,β-unsaturated/α-hetero) is 1. The molecule has 1 heterocycles. The van der Waals surface area contributed by atoms with E-state index in [2.05, 4.69) is 18.7 Å². The zero-order valence-electron chi connectivity index (χ0n) is 19.5. The molecule has 5 fully saturated rings. The summed E-state index contributed by atoms with van der Waals surface area (Å²) in [5.41, 5.74) is 0.697. The van der Waals surface area contributed by atoms with Gasteiger partial charge in [0.2, 0.25) is 0 Å². The summed E-state index contributed by atoms with van der Waals surface area (Å²) in [6.07, 6.45) is 12.2. The molecule has 0 amide bonds. The normalized spacial score (nSPS) is 49.2. The molecule has 5 aliphatic rings. The van der Waals surface area contributed by atoms with Gasteiger partial charge in [-0.15, -0.1) is 0 Å². The van der Waals surface area contributed by atoms with Crippen LogP contribution in [0.25, 0.3) is 0 Å². The predicted molar refractivity (Wildman–Crippen MR) is 118 cm³/mol. The lowest BCUT2D eigenvalue weighted by Gasteiger charge is -2.61. The fourth-order valence-corrected chi connectivity index (χ4v) is 9.13. The van der Waals surface area contributed by atoms with Crippen molar-refractivity contribution >= 4 is 5.78 Å². The first-order valence-corrected chi connectivity index (χ1v) is 12.8. The van der Waals surface area contributed by atoms with E-state index < -0.39 is 0 Å². The lowest BCUT2D eigenvalue weighted by atomic mass is 9.44. The van der Waals surface area contributed by atoms with Crippen molar-refractivity contribution in [2.45, 2.75) is 77.7 Å². The molecule has 170 valence electrons. The number of morpholine rings is 1. The largest absolute Gasteiger partial charge is 0.381 e. The molecule has 1 aliphatic heterocycles. The third-order valence-electron chi connectivity index (χ3n) is 10.8. The molecule has 4 heteroatoms. The van der Waals surface area contributed by atoms with Crippen LogP contribution in [0.4, 0.5) is 0 Å². The number of ketones is 1. The minimum Gasteiger partial charge on any atom is -0.381 e. The smallest absolute Gasteiger partial charge is 0.150 e. The molecule has 0 radical (unpaired) electrons. The van der Waals surface area contributed by atoms with Crippen LogP contribution in [0.2, 0.25) is 0 Å². The summed E-state index contributed by atoms with van der Waals surface area (Å²) in [5, 5.41) is 0. The Kier molecular flexibility index (Phi) is 5.82. The van der Waals surface area contributed by atoms with Gasteiger partial charge in [0, 0.05) is 26.1 Å². The Balaban J connectivity index is 1.31. The summed E-state index contributed by atoms with van der Waals surface area (Å²) in [4.78, 5) is 15.7. The molecular formula is C26H43NO3. The van der Waals surface area contributed by atoms with Crippen molar-refractivity contribution < 1.29 is 14.3 Å². The monoisotopic (exact) mass is 417 g/mol. The van der Waals surface area contributed by atoms with Crippen molar-refractivity contribution in [2.75, 3.05) is 40.0 Å². The molecule has 1 saturated heterocycles. The number of carbonyl (C=O) groups excluding carboxylic acids is 1. The van der Waals surface area contributed by atoms with E-state index in [9.17, 15) is 4.79 Å². The number of methoxy groups -OCH3 is 1. The lowest BCUT2D eigenvalue weighted by Crippen LogP contribution is -2.55. The highest BCUT2D eigenvalue weighted by atomic mass is 16.5. The van der Waals surface area contributed by atoms with E-state index in [0.717, 1.165) is 56.4 Å². The summed E-state index contributed by atoms with van der Waals surface area (Å²) in [6, 6.07) is 0. The topological polar surface area (TPSA) is 38.8 Å².